The predicted molar refractivity (Wildman–Crippen MR) is 52.0 cm³/mol. The van der Waals surface area contributed by atoms with Gasteiger partial charge in [-0.2, -0.15) is 0 Å². The maximum Gasteiger partial charge on any atom is 0.243 e. The third-order valence-electron chi connectivity index (χ3n) is 1.51. The van der Waals surface area contributed by atoms with Gasteiger partial charge in [-0.15, -0.1) is 0 Å². The van der Waals surface area contributed by atoms with Crippen LogP contribution in [0.15, 0.2) is 43.0 Å². The fraction of sp³-hybridized carbons (Fsp3) is 0.0909. The smallest absolute Gasteiger partial charge is 0.243 e. The molecule has 0 fully saturated rings. The minimum atomic E-state index is -0.177. The van der Waals surface area contributed by atoms with Gasteiger partial charge in [0.2, 0.25) is 5.91 Å². The molecule has 0 saturated heterocycles. The van der Waals surface area contributed by atoms with Crippen molar-refractivity contribution in [1.82, 2.24) is 5.32 Å². The van der Waals surface area contributed by atoms with Crippen molar-refractivity contribution in [2.75, 3.05) is 6.54 Å². The normalized spacial score (nSPS) is 9.23. The van der Waals surface area contributed by atoms with Crippen molar-refractivity contribution in [3.63, 3.8) is 0 Å². The summed E-state index contributed by atoms with van der Waals surface area (Å²) in [6.07, 6.45) is 4.27. The van der Waals surface area contributed by atoms with Crippen molar-refractivity contribution in [2.45, 2.75) is 0 Å². The Balaban J connectivity index is 2.28. The standard InChI is InChI=1S/C11H11NO/c1-2-11(13)12-9-8-10-6-4-3-5-7-10/h2-7H,1,9H2,(H,12,13). The van der Waals surface area contributed by atoms with Crippen LogP contribution in [0.3, 0.4) is 0 Å². The molecule has 0 unspecified atom stereocenters. The second-order valence-corrected chi connectivity index (χ2v) is 2.46. The van der Waals surface area contributed by atoms with Gasteiger partial charge in [0.05, 0.1) is 0 Å². The molecule has 66 valence electrons. The van der Waals surface area contributed by atoms with E-state index in [-0.39, 0.29) is 5.91 Å². The van der Waals surface area contributed by atoms with Crippen LogP contribution in [0, 0.1) is 6.42 Å². The second-order valence-electron chi connectivity index (χ2n) is 2.46. The first-order valence-corrected chi connectivity index (χ1v) is 4.02. The van der Waals surface area contributed by atoms with E-state index in [1.165, 1.54) is 6.08 Å². The lowest BCUT2D eigenvalue weighted by atomic mass is 10.1. The summed E-state index contributed by atoms with van der Waals surface area (Å²) in [7, 11) is 0. The number of carbonyl (C=O) groups excluding carboxylic acids is 1. The molecule has 1 amide bonds. The molecule has 0 atom stereocenters. The van der Waals surface area contributed by atoms with Crippen molar-refractivity contribution in [3.8, 4) is 0 Å². The maximum absolute atomic E-state index is 10.7. The third-order valence-corrected chi connectivity index (χ3v) is 1.51. The Morgan fingerprint density at radius 3 is 2.77 bits per heavy atom. The molecular weight excluding hydrogens is 162 g/mol. The summed E-state index contributed by atoms with van der Waals surface area (Å²) < 4.78 is 0. The fourth-order valence-corrected chi connectivity index (χ4v) is 0.862. The number of hydrogen-bond acceptors (Lipinski definition) is 1. The van der Waals surface area contributed by atoms with Crippen LogP contribution in [0.5, 0.6) is 0 Å². The van der Waals surface area contributed by atoms with Gasteiger partial charge >= 0.3 is 0 Å². The maximum atomic E-state index is 10.7. The molecule has 0 spiro atoms. The van der Waals surface area contributed by atoms with Gasteiger partial charge in [-0.1, -0.05) is 36.9 Å². The van der Waals surface area contributed by atoms with Gasteiger partial charge in [-0.3, -0.25) is 4.79 Å². The number of hydrogen-bond donors (Lipinski definition) is 1. The zero-order valence-corrected chi connectivity index (χ0v) is 7.29. The van der Waals surface area contributed by atoms with Crippen molar-refractivity contribution < 1.29 is 4.79 Å². The Morgan fingerprint density at radius 1 is 1.46 bits per heavy atom. The lowest BCUT2D eigenvalue weighted by Crippen LogP contribution is -2.22. The average molecular weight is 173 g/mol. The molecule has 0 bridgehead atoms. The molecule has 0 aliphatic carbocycles. The summed E-state index contributed by atoms with van der Waals surface area (Å²) in [4.78, 5) is 10.7. The number of carbonyl (C=O) groups is 1. The minimum absolute atomic E-state index is 0.177. The largest absolute Gasteiger partial charge is 0.352 e. The van der Waals surface area contributed by atoms with Crippen molar-refractivity contribution >= 4 is 5.91 Å². The molecule has 1 N–H and O–H groups in total. The van der Waals surface area contributed by atoms with E-state index in [0.717, 1.165) is 5.56 Å². The molecule has 0 heterocycles. The van der Waals surface area contributed by atoms with Crippen molar-refractivity contribution in [1.29, 1.82) is 0 Å². The number of amides is 1. The zero-order valence-electron chi connectivity index (χ0n) is 7.29. The highest BCUT2D eigenvalue weighted by molar-refractivity contribution is 5.86. The van der Waals surface area contributed by atoms with Gasteiger partial charge in [0, 0.05) is 13.0 Å². The Hall–Kier alpha value is -1.57. The highest BCUT2D eigenvalue weighted by Crippen LogP contribution is 1.99. The fourth-order valence-electron chi connectivity index (χ4n) is 0.862. The Labute approximate surface area is 78.3 Å². The van der Waals surface area contributed by atoms with Crippen LogP contribution in [0.1, 0.15) is 5.56 Å². The number of rotatable bonds is 4. The van der Waals surface area contributed by atoms with Gasteiger partial charge in [0.15, 0.2) is 0 Å². The second kappa shape index (κ2) is 5.14. The molecular formula is C11H11NO. The summed E-state index contributed by atoms with van der Waals surface area (Å²) in [5.74, 6) is -0.177. The third kappa shape index (κ3) is 3.56. The predicted octanol–water partition coefficient (Wildman–Crippen LogP) is 1.42. The van der Waals surface area contributed by atoms with Crippen LogP contribution in [0.4, 0.5) is 0 Å². The first kappa shape index (κ1) is 9.52. The van der Waals surface area contributed by atoms with Crippen LogP contribution in [-0.4, -0.2) is 12.5 Å². The van der Waals surface area contributed by atoms with Crippen molar-refractivity contribution in [2.24, 2.45) is 0 Å². The summed E-state index contributed by atoms with van der Waals surface area (Å²) in [5, 5.41) is 2.61. The van der Waals surface area contributed by atoms with Crippen LogP contribution in [0.2, 0.25) is 0 Å². The van der Waals surface area contributed by atoms with E-state index in [9.17, 15) is 4.79 Å². The molecule has 0 aromatic heterocycles. The molecule has 2 heteroatoms. The van der Waals surface area contributed by atoms with Crippen molar-refractivity contribution in [3.05, 3.63) is 55.0 Å². The van der Waals surface area contributed by atoms with Crippen LogP contribution >= 0.6 is 0 Å². The van der Waals surface area contributed by atoms with Gasteiger partial charge in [-0.05, 0) is 11.6 Å². The summed E-state index contributed by atoms with van der Waals surface area (Å²) >= 11 is 0. The van der Waals surface area contributed by atoms with Gasteiger partial charge in [-0.25, -0.2) is 0 Å². The highest BCUT2D eigenvalue weighted by Gasteiger charge is 1.94. The molecule has 1 aromatic carbocycles. The van der Waals surface area contributed by atoms with E-state index in [1.807, 2.05) is 30.3 Å². The van der Waals surface area contributed by atoms with Gasteiger partial charge in [0.25, 0.3) is 0 Å². The molecule has 13 heavy (non-hydrogen) atoms. The lowest BCUT2D eigenvalue weighted by Gasteiger charge is -2.00. The molecule has 0 aliphatic rings. The molecule has 1 rings (SSSR count). The van der Waals surface area contributed by atoms with Gasteiger partial charge < -0.3 is 5.32 Å². The highest BCUT2D eigenvalue weighted by atomic mass is 16.1. The van der Waals surface area contributed by atoms with E-state index in [1.54, 1.807) is 0 Å². The Morgan fingerprint density at radius 2 is 2.15 bits per heavy atom. The number of benzene rings is 1. The van der Waals surface area contributed by atoms with Crippen LogP contribution in [-0.2, 0) is 4.79 Å². The molecule has 1 aromatic rings. The summed E-state index contributed by atoms with van der Waals surface area (Å²) in [6, 6.07) is 9.66. The zero-order chi connectivity index (χ0) is 9.52. The molecule has 2 radical (unpaired) electrons. The summed E-state index contributed by atoms with van der Waals surface area (Å²) in [6.45, 7) is 3.76. The van der Waals surface area contributed by atoms with Crippen LogP contribution in [0.25, 0.3) is 0 Å². The first-order chi connectivity index (χ1) is 6.33. The average Bonchev–Trinajstić information content (AvgIpc) is 2.19. The number of nitrogens with one attached hydrogen (secondary N) is 1. The molecule has 0 saturated carbocycles. The SMILES string of the molecule is C=CC(=O)NC[C]c1ccccc1. The minimum Gasteiger partial charge on any atom is -0.352 e. The Kier molecular flexibility index (Phi) is 3.76. The van der Waals surface area contributed by atoms with Gasteiger partial charge in [0.1, 0.15) is 0 Å². The molecule has 0 aliphatic heterocycles. The van der Waals surface area contributed by atoms with E-state index in [2.05, 4.69) is 18.3 Å². The summed E-state index contributed by atoms with van der Waals surface area (Å²) in [5.41, 5.74) is 0.979. The quantitative estimate of drug-likeness (QED) is 0.685. The van der Waals surface area contributed by atoms with E-state index >= 15 is 0 Å². The van der Waals surface area contributed by atoms with Crippen LogP contribution < -0.4 is 5.32 Å². The van der Waals surface area contributed by atoms with E-state index in [4.69, 9.17) is 0 Å². The monoisotopic (exact) mass is 173 g/mol. The first-order valence-electron chi connectivity index (χ1n) is 4.02. The Bertz CT molecular complexity index is 279. The van der Waals surface area contributed by atoms with E-state index < -0.39 is 0 Å². The topological polar surface area (TPSA) is 29.1 Å². The van der Waals surface area contributed by atoms with E-state index in [0.29, 0.717) is 6.54 Å². The molecule has 2 nitrogen and oxygen atoms in total. The lowest BCUT2D eigenvalue weighted by molar-refractivity contribution is -0.116.